The molecule has 1 N–H and O–H groups in total. The zero-order chi connectivity index (χ0) is 16.8. The Morgan fingerprint density at radius 3 is 2.74 bits per heavy atom. The first kappa shape index (κ1) is 16.2. The van der Waals surface area contributed by atoms with Gasteiger partial charge in [-0.25, -0.2) is 4.98 Å². The molecule has 0 radical (unpaired) electrons. The maximum atomic E-state index is 12.8. The number of imidazole rings is 1. The lowest BCUT2D eigenvalue weighted by atomic mass is 10.2. The fourth-order valence-corrected chi connectivity index (χ4v) is 4.85. The standard InChI is InChI=1S/C14H15ClN4O2S2/c1-4-12-17-19-13(9(3)16-14(19)22-12)23(20,21)18-11-6-5-8(2)7-10(11)15/h5-7,18H,4H2,1-3H3. The molecule has 1 aromatic carbocycles. The van der Waals surface area contributed by atoms with Gasteiger partial charge in [0.05, 0.1) is 16.4 Å². The van der Waals surface area contributed by atoms with E-state index >= 15 is 0 Å². The zero-order valence-corrected chi connectivity index (χ0v) is 15.2. The maximum Gasteiger partial charge on any atom is 0.281 e. The Bertz CT molecular complexity index is 992. The van der Waals surface area contributed by atoms with E-state index in [0.717, 1.165) is 17.0 Å². The van der Waals surface area contributed by atoms with Gasteiger partial charge in [0.2, 0.25) is 9.99 Å². The van der Waals surface area contributed by atoms with Crippen molar-refractivity contribution in [1.82, 2.24) is 14.6 Å². The molecule has 23 heavy (non-hydrogen) atoms. The molecule has 0 spiro atoms. The van der Waals surface area contributed by atoms with E-state index in [1.54, 1.807) is 25.1 Å². The Labute approximate surface area is 143 Å². The normalized spacial score (nSPS) is 12.0. The average Bonchev–Trinajstić information content (AvgIpc) is 2.97. The quantitative estimate of drug-likeness (QED) is 0.763. The van der Waals surface area contributed by atoms with Gasteiger partial charge in [0.15, 0.2) is 0 Å². The van der Waals surface area contributed by atoms with Crippen LogP contribution >= 0.6 is 22.9 Å². The first-order valence-electron chi connectivity index (χ1n) is 6.96. The molecule has 0 saturated carbocycles. The fourth-order valence-electron chi connectivity index (χ4n) is 2.22. The molecule has 0 aliphatic rings. The zero-order valence-electron chi connectivity index (χ0n) is 12.8. The number of nitrogens with one attached hydrogen (secondary N) is 1. The van der Waals surface area contributed by atoms with Crippen LogP contribution in [-0.2, 0) is 16.4 Å². The monoisotopic (exact) mass is 370 g/mol. The first-order chi connectivity index (χ1) is 10.8. The number of aromatic nitrogens is 3. The summed E-state index contributed by atoms with van der Waals surface area (Å²) in [6.45, 7) is 5.50. The number of rotatable bonds is 4. The Hall–Kier alpha value is -1.64. The van der Waals surface area contributed by atoms with Crippen molar-refractivity contribution < 1.29 is 8.42 Å². The Balaban J connectivity index is 2.08. The van der Waals surface area contributed by atoms with Gasteiger partial charge in [-0.15, -0.1) is 0 Å². The van der Waals surface area contributed by atoms with Gasteiger partial charge in [0.1, 0.15) is 5.01 Å². The summed E-state index contributed by atoms with van der Waals surface area (Å²) in [5.41, 5.74) is 1.69. The smallest absolute Gasteiger partial charge is 0.277 e. The number of sulfonamides is 1. The minimum Gasteiger partial charge on any atom is -0.277 e. The summed E-state index contributed by atoms with van der Waals surface area (Å²) < 4.78 is 29.4. The number of anilines is 1. The van der Waals surface area contributed by atoms with Gasteiger partial charge >= 0.3 is 0 Å². The summed E-state index contributed by atoms with van der Waals surface area (Å²) in [6, 6.07) is 5.14. The summed E-state index contributed by atoms with van der Waals surface area (Å²) in [6.07, 6.45) is 0.726. The number of halogens is 1. The molecule has 0 amide bonds. The molecule has 6 nitrogen and oxygen atoms in total. The van der Waals surface area contributed by atoms with Gasteiger partial charge in [0, 0.05) is 0 Å². The van der Waals surface area contributed by atoms with Crippen molar-refractivity contribution in [3.8, 4) is 0 Å². The third-order valence-electron chi connectivity index (χ3n) is 3.29. The minimum absolute atomic E-state index is 0.0418. The topological polar surface area (TPSA) is 76.4 Å². The van der Waals surface area contributed by atoms with E-state index in [0.29, 0.717) is 21.4 Å². The molecule has 0 unspecified atom stereocenters. The second kappa shape index (κ2) is 5.77. The molecule has 0 aliphatic heterocycles. The summed E-state index contributed by atoms with van der Waals surface area (Å²) in [4.78, 5) is 4.86. The third kappa shape index (κ3) is 2.93. The van der Waals surface area contributed by atoms with Crippen LogP contribution in [0.5, 0.6) is 0 Å². The molecule has 9 heteroatoms. The lowest BCUT2D eigenvalue weighted by Gasteiger charge is -2.09. The fraction of sp³-hybridized carbons (Fsp3) is 0.286. The Morgan fingerprint density at radius 2 is 2.09 bits per heavy atom. The highest BCUT2D eigenvalue weighted by Gasteiger charge is 2.26. The largest absolute Gasteiger partial charge is 0.281 e. The van der Waals surface area contributed by atoms with Gasteiger partial charge in [-0.2, -0.15) is 18.0 Å². The highest BCUT2D eigenvalue weighted by molar-refractivity contribution is 7.92. The van der Waals surface area contributed by atoms with Gasteiger partial charge < -0.3 is 0 Å². The van der Waals surface area contributed by atoms with Crippen LogP contribution in [0, 0.1) is 13.8 Å². The highest BCUT2D eigenvalue weighted by atomic mass is 35.5. The average molecular weight is 371 g/mol. The van der Waals surface area contributed by atoms with Crippen LogP contribution in [0.25, 0.3) is 4.96 Å². The van der Waals surface area contributed by atoms with Crippen LogP contribution in [-0.4, -0.2) is 23.0 Å². The number of nitrogens with zero attached hydrogens (tertiary/aromatic N) is 3. The highest BCUT2D eigenvalue weighted by Crippen LogP contribution is 2.28. The second-order valence-corrected chi connectivity index (χ2v) is 8.18. The number of aryl methyl sites for hydroxylation is 3. The summed E-state index contributed by atoms with van der Waals surface area (Å²) in [7, 11) is -3.85. The van der Waals surface area contributed by atoms with Crippen LogP contribution in [0.2, 0.25) is 5.02 Å². The lowest BCUT2D eigenvalue weighted by molar-refractivity contribution is 0.592. The van der Waals surface area contributed by atoms with Gasteiger partial charge in [-0.05, 0) is 38.0 Å². The Morgan fingerprint density at radius 1 is 1.35 bits per heavy atom. The maximum absolute atomic E-state index is 12.8. The van der Waals surface area contributed by atoms with Gasteiger partial charge in [-0.3, -0.25) is 4.72 Å². The predicted molar refractivity (Wildman–Crippen MR) is 92.0 cm³/mol. The number of fused-ring (bicyclic) bond motifs is 1. The van der Waals surface area contributed by atoms with Gasteiger partial charge in [0.25, 0.3) is 10.0 Å². The van der Waals surface area contributed by atoms with Crippen LogP contribution < -0.4 is 4.72 Å². The molecule has 3 aromatic rings. The number of hydrogen-bond donors (Lipinski definition) is 1. The van der Waals surface area contributed by atoms with E-state index in [1.165, 1.54) is 15.9 Å². The molecule has 0 atom stereocenters. The molecule has 0 bridgehead atoms. The predicted octanol–water partition coefficient (Wildman–Crippen LogP) is 3.42. The molecular formula is C14H15ClN4O2S2. The second-order valence-electron chi connectivity index (χ2n) is 5.13. The van der Waals surface area contributed by atoms with Crippen molar-refractivity contribution >= 4 is 43.6 Å². The molecule has 0 fully saturated rings. The van der Waals surface area contributed by atoms with E-state index in [4.69, 9.17) is 11.6 Å². The molecule has 122 valence electrons. The van der Waals surface area contributed by atoms with Crippen LogP contribution in [0.4, 0.5) is 5.69 Å². The van der Waals surface area contributed by atoms with Crippen molar-refractivity contribution in [2.45, 2.75) is 32.2 Å². The molecule has 2 aromatic heterocycles. The van der Waals surface area contributed by atoms with Crippen LogP contribution in [0.3, 0.4) is 0 Å². The summed E-state index contributed by atoms with van der Waals surface area (Å²) in [5.74, 6) is 0. The van der Waals surface area contributed by atoms with Crippen LogP contribution in [0.15, 0.2) is 23.2 Å². The van der Waals surface area contributed by atoms with Gasteiger partial charge in [-0.1, -0.05) is 35.9 Å². The molecular weight excluding hydrogens is 356 g/mol. The van der Waals surface area contributed by atoms with Crippen molar-refractivity contribution in [3.63, 3.8) is 0 Å². The van der Waals surface area contributed by atoms with Crippen molar-refractivity contribution in [2.75, 3.05) is 4.72 Å². The van der Waals surface area contributed by atoms with E-state index in [2.05, 4.69) is 14.8 Å². The molecule has 0 saturated heterocycles. The van der Waals surface area contributed by atoms with E-state index in [-0.39, 0.29) is 5.03 Å². The first-order valence-corrected chi connectivity index (χ1v) is 9.63. The van der Waals surface area contributed by atoms with E-state index in [9.17, 15) is 8.42 Å². The number of hydrogen-bond acceptors (Lipinski definition) is 5. The minimum atomic E-state index is -3.85. The van der Waals surface area contributed by atoms with Crippen molar-refractivity contribution in [2.24, 2.45) is 0 Å². The van der Waals surface area contributed by atoms with E-state index < -0.39 is 10.0 Å². The summed E-state index contributed by atoms with van der Waals surface area (Å²) in [5, 5.41) is 5.54. The SMILES string of the molecule is CCc1nn2c(S(=O)(=O)Nc3ccc(C)cc3Cl)c(C)nc2s1. The Kier molecular flexibility index (Phi) is 4.07. The van der Waals surface area contributed by atoms with Crippen LogP contribution in [0.1, 0.15) is 23.2 Å². The molecule has 2 heterocycles. The lowest BCUT2D eigenvalue weighted by Crippen LogP contribution is -2.17. The molecule has 3 rings (SSSR count). The summed E-state index contributed by atoms with van der Waals surface area (Å²) >= 11 is 7.50. The van der Waals surface area contributed by atoms with Crippen molar-refractivity contribution in [3.05, 3.63) is 39.5 Å². The number of benzene rings is 1. The molecule has 0 aliphatic carbocycles. The third-order valence-corrected chi connectivity index (χ3v) is 6.12. The van der Waals surface area contributed by atoms with Crippen molar-refractivity contribution in [1.29, 1.82) is 0 Å². The van der Waals surface area contributed by atoms with E-state index in [1.807, 2.05) is 13.8 Å².